The summed E-state index contributed by atoms with van der Waals surface area (Å²) in [4.78, 5) is 32.7. The van der Waals surface area contributed by atoms with Crippen molar-refractivity contribution in [3.8, 4) is 5.75 Å². The van der Waals surface area contributed by atoms with E-state index in [4.69, 9.17) is 4.74 Å². The predicted octanol–water partition coefficient (Wildman–Crippen LogP) is 1.62. The number of anilines is 1. The van der Waals surface area contributed by atoms with Gasteiger partial charge < -0.3 is 19.9 Å². The van der Waals surface area contributed by atoms with Gasteiger partial charge >= 0.3 is 0 Å². The van der Waals surface area contributed by atoms with Crippen molar-refractivity contribution in [2.75, 3.05) is 44.2 Å². The molecule has 0 spiro atoms. The topological polar surface area (TPSA) is 74.8 Å². The third kappa shape index (κ3) is 4.51. The van der Waals surface area contributed by atoms with Gasteiger partial charge in [0.05, 0.1) is 13.2 Å². The van der Waals surface area contributed by atoms with E-state index in [9.17, 15) is 9.59 Å². The van der Waals surface area contributed by atoms with Gasteiger partial charge in [0.1, 0.15) is 5.75 Å². The van der Waals surface area contributed by atoms with Crippen molar-refractivity contribution in [2.24, 2.45) is 0 Å². The average Bonchev–Trinajstić information content (AvgIpc) is 3.21. The molecular weight excluding hydrogens is 352 g/mol. The van der Waals surface area contributed by atoms with E-state index < -0.39 is 0 Å². The first kappa shape index (κ1) is 18.2. The molecule has 1 N–H and O–H groups in total. The van der Waals surface area contributed by atoms with Crippen molar-refractivity contribution in [3.63, 3.8) is 0 Å². The lowest BCUT2D eigenvalue weighted by molar-refractivity contribution is -0.130. The quantitative estimate of drug-likeness (QED) is 0.832. The van der Waals surface area contributed by atoms with Gasteiger partial charge in [-0.2, -0.15) is 0 Å². The van der Waals surface area contributed by atoms with Crippen molar-refractivity contribution in [2.45, 2.75) is 6.92 Å². The van der Waals surface area contributed by atoms with E-state index in [1.165, 1.54) is 0 Å². The Labute approximate surface area is 156 Å². The van der Waals surface area contributed by atoms with Gasteiger partial charge in [-0.1, -0.05) is 0 Å². The van der Waals surface area contributed by atoms with E-state index in [1.54, 1.807) is 46.7 Å². The second-order valence-corrected chi connectivity index (χ2v) is 6.70. The van der Waals surface area contributed by atoms with Gasteiger partial charge in [0.2, 0.25) is 5.91 Å². The molecule has 0 atom stereocenters. The zero-order valence-electron chi connectivity index (χ0n) is 14.7. The minimum atomic E-state index is -0.261. The van der Waals surface area contributed by atoms with Crippen LogP contribution in [0.15, 0.2) is 35.8 Å². The second-order valence-electron chi connectivity index (χ2n) is 5.82. The van der Waals surface area contributed by atoms with E-state index in [2.05, 4.69) is 15.2 Å². The number of carbonyl (C=O) groups is 2. The summed E-state index contributed by atoms with van der Waals surface area (Å²) in [5.41, 5.74) is 0.509. The minimum absolute atomic E-state index is 0.00327. The number of piperazine rings is 1. The number of amides is 2. The molecule has 1 saturated heterocycles. The van der Waals surface area contributed by atoms with Crippen LogP contribution in [0.25, 0.3) is 0 Å². The lowest BCUT2D eigenvalue weighted by atomic mass is 10.2. The van der Waals surface area contributed by atoms with Crippen molar-refractivity contribution >= 4 is 28.3 Å². The molecule has 0 radical (unpaired) electrons. The standard InChI is InChI=1S/C18H22N4O3S/c1-2-25-15-5-3-14(4-6-15)17(24)20-13-16(23)21-8-10-22(11-9-21)18-19-7-12-26-18/h3-7,12H,2,8-11,13H2,1H3,(H,20,24). The summed E-state index contributed by atoms with van der Waals surface area (Å²) in [5.74, 6) is 0.393. The van der Waals surface area contributed by atoms with E-state index in [-0.39, 0.29) is 18.4 Å². The Morgan fingerprint density at radius 2 is 1.92 bits per heavy atom. The van der Waals surface area contributed by atoms with Crippen LogP contribution in [-0.2, 0) is 4.79 Å². The van der Waals surface area contributed by atoms with E-state index in [1.807, 2.05) is 12.3 Å². The number of nitrogens with one attached hydrogen (secondary N) is 1. The van der Waals surface area contributed by atoms with Crippen molar-refractivity contribution in [1.82, 2.24) is 15.2 Å². The van der Waals surface area contributed by atoms with Crippen molar-refractivity contribution in [1.29, 1.82) is 0 Å². The molecule has 3 rings (SSSR count). The molecule has 1 aromatic heterocycles. The molecule has 2 amide bonds. The molecule has 0 saturated carbocycles. The molecule has 1 aromatic carbocycles. The molecule has 8 heteroatoms. The Balaban J connectivity index is 1.44. The van der Waals surface area contributed by atoms with Crippen LogP contribution < -0.4 is 15.0 Å². The largest absolute Gasteiger partial charge is 0.494 e. The summed E-state index contributed by atoms with van der Waals surface area (Å²) in [6.45, 7) is 5.27. The average molecular weight is 374 g/mol. The fourth-order valence-corrected chi connectivity index (χ4v) is 3.45. The maximum Gasteiger partial charge on any atom is 0.251 e. The third-order valence-electron chi connectivity index (χ3n) is 4.15. The maximum atomic E-state index is 12.3. The Kier molecular flexibility index (Phi) is 6.06. The smallest absolute Gasteiger partial charge is 0.251 e. The maximum absolute atomic E-state index is 12.3. The van der Waals surface area contributed by atoms with Crippen LogP contribution in [0.4, 0.5) is 5.13 Å². The number of benzene rings is 1. The van der Waals surface area contributed by atoms with Crippen LogP contribution in [0, 0.1) is 0 Å². The van der Waals surface area contributed by atoms with E-state index in [0.717, 1.165) is 24.0 Å². The molecule has 2 aromatic rings. The van der Waals surface area contributed by atoms with Crippen LogP contribution in [0.3, 0.4) is 0 Å². The van der Waals surface area contributed by atoms with Crippen LogP contribution in [-0.4, -0.2) is 61.0 Å². The molecule has 1 fully saturated rings. The molecule has 1 aliphatic heterocycles. The lowest BCUT2D eigenvalue weighted by Gasteiger charge is -2.34. The Hall–Kier alpha value is -2.61. The van der Waals surface area contributed by atoms with Crippen LogP contribution in [0.2, 0.25) is 0 Å². The van der Waals surface area contributed by atoms with E-state index >= 15 is 0 Å². The van der Waals surface area contributed by atoms with Crippen LogP contribution in [0.1, 0.15) is 17.3 Å². The van der Waals surface area contributed by atoms with Gasteiger partial charge in [-0.25, -0.2) is 4.98 Å². The summed E-state index contributed by atoms with van der Waals surface area (Å²) in [5, 5.41) is 5.63. The Bertz CT molecular complexity index is 725. The summed E-state index contributed by atoms with van der Waals surface area (Å²) < 4.78 is 5.35. The molecule has 1 aliphatic rings. The normalized spacial score (nSPS) is 14.2. The monoisotopic (exact) mass is 374 g/mol. The number of aromatic nitrogens is 1. The first-order valence-electron chi connectivity index (χ1n) is 8.60. The number of carbonyl (C=O) groups excluding carboxylic acids is 2. The molecule has 0 bridgehead atoms. The zero-order chi connectivity index (χ0) is 18.4. The predicted molar refractivity (Wildman–Crippen MR) is 101 cm³/mol. The number of hydrogen-bond acceptors (Lipinski definition) is 6. The third-order valence-corrected chi connectivity index (χ3v) is 4.98. The zero-order valence-corrected chi connectivity index (χ0v) is 15.5. The molecule has 7 nitrogen and oxygen atoms in total. The fourth-order valence-electron chi connectivity index (χ4n) is 2.76. The molecule has 0 aliphatic carbocycles. The van der Waals surface area contributed by atoms with Gasteiger partial charge in [0.15, 0.2) is 5.13 Å². The van der Waals surface area contributed by atoms with E-state index in [0.29, 0.717) is 25.3 Å². The first-order chi connectivity index (χ1) is 12.7. The summed E-state index contributed by atoms with van der Waals surface area (Å²) >= 11 is 1.60. The highest BCUT2D eigenvalue weighted by atomic mass is 32.1. The summed E-state index contributed by atoms with van der Waals surface area (Å²) in [6, 6.07) is 6.88. The van der Waals surface area contributed by atoms with Gasteiger partial charge in [0, 0.05) is 43.3 Å². The van der Waals surface area contributed by atoms with Gasteiger partial charge in [-0.3, -0.25) is 9.59 Å². The Morgan fingerprint density at radius 1 is 1.19 bits per heavy atom. The van der Waals surface area contributed by atoms with Gasteiger partial charge in [-0.15, -0.1) is 11.3 Å². The highest BCUT2D eigenvalue weighted by molar-refractivity contribution is 7.13. The molecule has 26 heavy (non-hydrogen) atoms. The summed E-state index contributed by atoms with van der Waals surface area (Å²) in [6.07, 6.45) is 1.79. The van der Waals surface area contributed by atoms with Crippen molar-refractivity contribution in [3.05, 3.63) is 41.4 Å². The number of rotatable bonds is 6. The van der Waals surface area contributed by atoms with Crippen LogP contribution >= 0.6 is 11.3 Å². The number of nitrogens with zero attached hydrogens (tertiary/aromatic N) is 3. The highest BCUT2D eigenvalue weighted by Crippen LogP contribution is 2.18. The molecule has 0 unspecified atom stereocenters. The van der Waals surface area contributed by atoms with Crippen LogP contribution in [0.5, 0.6) is 5.75 Å². The Morgan fingerprint density at radius 3 is 2.54 bits per heavy atom. The SMILES string of the molecule is CCOc1ccc(C(=O)NCC(=O)N2CCN(c3nccs3)CC2)cc1. The fraction of sp³-hybridized carbons (Fsp3) is 0.389. The molecule has 138 valence electrons. The number of thiazole rings is 1. The number of hydrogen-bond donors (Lipinski definition) is 1. The second kappa shape index (κ2) is 8.66. The highest BCUT2D eigenvalue weighted by Gasteiger charge is 2.22. The van der Waals surface area contributed by atoms with Gasteiger partial charge in [0.25, 0.3) is 5.91 Å². The van der Waals surface area contributed by atoms with Gasteiger partial charge in [-0.05, 0) is 31.2 Å². The number of ether oxygens (including phenoxy) is 1. The minimum Gasteiger partial charge on any atom is -0.494 e. The molecule has 2 heterocycles. The molecular formula is C18H22N4O3S. The summed E-state index contributed by atoms with van der Waals surface area (Å²) in [7, 11) is 0. The lowest BCUT2D eigenvalue weighted by Crippen LogP contribution is -2.51. The van der Waals surface area contributed by atoms with Crippen molar-refractivity contribution < 1.29 is 14.3 Å². The first-order valence-corrected chi connectivity index (χ1v) is 9.48.